The molecule has 1 fully saturated rings. The summed E-state index contributed by atoms with van der Waals surface area (Å²) in [5.41, 5.74) is 11.7. The molecular formula is C18H31N3. The molecule has 0 aliphatic carbocycles. The molecule has 2 rings (SSSR count). The number of likely N-dealkylation sites (tertiary alicyclic amines) is 1. The topological polar surface area (TPSA) is 32.5 Å². The molecule has 1 aliphatic rings. The first kappa shape index (κ1) is 16.5. The highest BCUT2D eigenvalue weighted by Gasteiger charge is 2.28. The van der Waals surface area contributed by atoms with E-state index in [2.05, 4.69) is 56.8 Å². The lowest BCUT2D eigenvalue weighted by Gasteiger charge is -2.40. The van der Waals surface area contributed by atoms with Crippen molar-refractivity contribution in [1.29, 1.82) is 0 Å². The molecule has 21 heavy (non-hydrogen) atoms. The van der Waals surface area contributed by atoms with E-state index in [1.807, 2.05) is 0 Å². The first-order chi connectivity index (χ1) is 9.93. The van der Waals surface area contributed by atoms with E-state index < -0.39 is 0 Å². The third kappa shape index (κ3) is 3.65. The van der Waals surface area contributed by atoms with E-state index in [1.165, 1.54) is 41.6 Å². The van der Waals surface area contributed by atoms with Gasteiger partial charge in [-0.3, -0.25) is 4.90 Å². The Kier molecular flexibility index (Phi) is 5.42. The third-order valence-corrected chi connectivity index (χ3v) is 4.96. The van der Waals surface area contributed by atoms with Crippen LogP contribution in [0, 0.1) is 20.8 Å². The second-order valence-electron chi connectivity index (χ2n) is 6.79. The fraction of sp³-hybridized carbons (Fsp3) is 0.667. The minimum Gasteiger partial charge on any atom is -0.329 e. The van der Waals surface area contributed by atoms with Gasteiger partial charge in [0.25, 0.3) is 0 Å². The second-order valence-corrected chi connectivity index (χ2v) is 6.79. The van der Waals surface area contributed by atoms with Crippen molar-refractivity contribution in [3.05, 3.63) is 34.4 Å². The zero-order chi connectivity index (χ0) is 15.6. The smallest absolute Gasteiger partial charge is 0.0476 e. The Morgan fingerprint density at radius 2 is 1.90 bits per heavy atom. The van der Waals surface area contributed by atoms with E-state index in [0.717, 1.165) is 6.54 Å². The summed E-state index contributed by atoms with van der Waals surface area (Å²) in [6.07, 6.45) is 2.57. The first-order valence-electron chi connectivity index (χ1n) is 8.12. The van der Waals surface area contributed by atoms with Crippen molar-refractivity contribution < 1.29 is 0 Å². The predicted molar refractivity (Wildman–Crippen MR) is 90.7 cm³/mol. The van der Waals surface area contributed by atoms with Gasteiger partial charge in [0.2, 0.25) is 0 Å². The van der Waals surface area contributed by atoms with Crippen molar-refractivity contribution in [1.82, 2.24) is 9.80 Å². The summed E-state index contributed by atoms with van der Waals surface area (Å²) in [6, 6.07) is 5.50. The lowest BCUT2D eigenvalue weighted by Crippen LogP contribution is -2.47. The highest BCUT2D eigenvalue weighted by molar-refractivity contribution is 5.40. The molecule has 1 aromatic rings. The maximum Gasteiger partial charge on any atom is 0.0476 e. The van der Waals surface area contributed by atoms with Crippen LogP contribution in [0.3, 0.4) is 0 Å². The van der Waals surface area contributed by atoms with Crippen molar-refractivity contribution in [2.75, 3.05) is 33.7 Å². The van der Waals surface area contributed by atoms with E-state index in [-0.39, 0.29) is 0 Å². The normalized spacial score (nSPS) is 21.8. The standard InChI is InChI=1S/C18H31N3/c1-13-9-14(2)18(15(3)10-13)17(11-19)21(5)16-7-6-8-20(4)12-16/h9-10,16-17H,6-8,11-12,19H2,1-5H3. The predicted octanol–water partition coefficient (Wildman–Crippen LogP) is 2.64. The molecule has 0 saturated carbocycles. The van der Waals surface area contributed by atoms with Gasteiger partial charge < -0.3 is 10.6 Å². The molecular weight excluding hydrogens is 258 g/mol. The van der Waals surface area contributed by atoms with Crippen molar-refractivity contribution in [2.24, 2.45) is 5.73 Å². The van der Waals surface area contributed by atoms with Crippen LogP contribution < -0.4 is 5.73 Å². The van der Waals surface area contributed by atoms with Crippen molar-refractivity contribution in [3.63, 3.8) is 0 Å². The van der Waals surface area contributed by atoms with Crippen LogP contribution in [-0.4, -0.2) is 49.6 Å². The van der Waals surface area contributed by atoms with Gasteiger partial charge in [0.1, 0.15) is 0 Å². The number of likely N-dealkylation sites (N-methyl/N-ethyl adjacent to an activating group) is 2. The van der Waals surface area contributed by atoms with Crippen LogP contribution in [-0.2, 0) is 0 Å². The van der Waals surface area contributed by atoms with Gasteiger partial charge >= 0.3 is 0 Å². The maximum atomic E-state index is 6.17. The number of nitrogens with two attached hydrogens (primary N) is 1. The average Bonchev–Trinajstić information content (AvgIpc) is 2.42. The largest absolute Gasteiger partial charge is 0.329 e. The summed E-state index contributed by atoms with van der Waals surface area (Å²) in [4.78, 5) is 4.95. The number of rotatable bonds is 4. The Morgan fingerprint density at radius 3 is 2.43 bits per heavy atom. The Bertz CT molecular complexity index is 460. The molecule has 1 saturated heterocycles. The lowest BCUT2D eigenvalue weighted by atomic mass is 9.91. The highest BCUT2D eigenvalue weighted by atomic mass is 15.2. The summed E-state index contributed by atoms with van der Waals surface area (Å²) < 4.78 is 0. The minimum atomic E-state index is 0.321. The van der Waals surface area contributed by atoms with Gasteiger partial charge in [-0.1, -0.05) is 17.7 Å². The van der Waals surface area contributed by atoms with Gasteiger partial charge in [0.15, 0.2) is 0 Å². The maximum absolute atomic E-state index is 6.17. The Balaban J connectivity index is 2.27. The molecule has 1 aliphatic heterocycles. The quantitative estimate of drug-likeness (QED) is 0.925. The van der Waals surface area contributed by atoms with Crippen LogP contribution in [0.1, 0.15) is 41.1 Å². The lowest BCUT2D eigenvalue weighted by molar-refractivity contribution is 0.101. The molecule has 1 aromatic carbocycles. The van der Waals surface area contributed by atoms with Crippen LogP contribution in [0.2, 0.25) is 0 Å². The van der Waals surface area contributed by atoms with Gasteiger partial charge in [-0.25, -0.2) is 0 Å². The van der Waals surface area contributed by atoms with E-state index in [4.69, 9.17) is 5.73 Å². The fourth-order valence-corrected chi connectivity index (χ4v) is 3.93. The molecule has 3 nitrogen and oxygen atoms in total. The first-order valence-corrected chi connectivity index (χ1v) is 8.12. The fourth-order valence-electron chi connectivity index (χ4n) is 3.93. The molecule has 2 atom stereocenters. The van der Waals surface area contributed by atoms with Crippen molar-refractivity contribution in [3.8, 4) is 0 Å². The van der Waals surface area contributed by atoms with E-state index >= 15 is 0 Å². The zero-order valence-corrected chi connectivity index (χ0v) is 14.3. The van der Waals surface area contributed by atoms with Crippen LogP contribution in [0.25, 0.3) is 0 Å². The summed E-state index contributed by atoms with van der Waals surface area (Å²) in [7, 11) is 4.47. The van der Waals surface area contributed by atoms with Crippen LogP contribution in [0.15, 0.2) is 12.1 Å². The van der Waals surface area contributed by atoms with Crippen LogP contribution >= 0.6 is 0 Å². The van der Waals surface area contributed by atoms with E-state index in [1.54, 1.807) is 0 Å². The van der Waals surface area contributed by atoms with Gasteiger partial charge in [0, 0.05) is 25.2 Å². The Labute approximate surface area is 130 Å². The summed E-state index contributed by atoms with van der Waals surface area (Å²) >= 11 is 0. The number of benzene rings is 1. The Morgan fingerprint density at radius 1 is 1.29 bits per heavy atom. The monoisotopic (exact) mass is 289 g/mol. The van der Waals surface area contributed by atoms with Crippen LogP contribution in [0.4, 0.5) is 0 Å². The van der Waals surface area contributed by atoms with Crippen molar-refractivity contribution >= 4 is 0 Å². The van der Waals surface area contributed by atoms with Gasteiger partial charge in [-0.15, -0.1) is 0 Å². The minimum absolute atomic E-state index is 0.321. The number of nitrogens with zero attached hydrogens (tertiary/aromatic N) is 2. The average molecular weight is 289 g/mol. The second kappa shape index (κ2) is 6.91. The highest BCUT2D eigenvalue weighted by Crippen LogP contribution is 2.29. The van der Waals surface area contributed by atoms with Gasteiger partial charge in [0.05, 0.1) is 0 Å². The molecule has 118 valence electrons. The molecule has 0 spiro atoms. The molecule has 2 N–H and O–H groups in total. The Hall–Kier alpha value is -0.900. The van der Waals surface area contributed by atoms with E-state index in [0.29, 0.717) is 18.6 Å². The molecule has 3 heteroatoms. The summed E-state index contributed by atoms with van der Waals surface area (Å²) in [5.74, 6) is 0. The SMILES string of the molecule is Cc1cc(C)c(C(CN)N(C)C2CCCN(C)C2)c(C)c1. The number of aryl methyl sites for hydroxylation is 3. The summed E-state index contributed by atoms with van der Waals surface area (Å²) in [5, 5.41) is 0. The zero-order valence-electron chi connectivity index (χ0n) is 14.3. The van der Waals surface area contributed by atoms with Crippen LogP contribution in [0.5, 0.6) is 0 Å². The van der Waals surface area contributed by atoms with E-state index in [9.17, 15) is 0 Å². The molecule has 1 heterocycles. The number of hydrogen-bond acceptors (Lipinski definition) is 3. The van der Waals surface area contributed by atoms with Gasteiger partial charge in [-0.2, -0.15) is 0 Å². The molecule has 0 radical (unpaired) electrons. The number of hydrogen-bond donors (Lipinski definition) is 1. The molecule has 0 aromatic heterocycles. The number of piperidine rings is 1. The molecule has 0 bridgehead atoms. The molecule has 2 unspecified atom stereocenters. The third-order valence-electron chi connectivity index (χ3n) is 4.96. The van der Waals surface area contributed by atoms with Crippen molar-refractivity contribution in [2.45, 2.75) is 45.7 Å². The summed E-state index contributed by atoms with van der Waals surface area (Å²) in [6.45, 7) is 9.66. The molecule has 0 amide bonds. The van der Waals surface area contributed by atoms with Gasteiger partial charge in [-0.05, 0) is 70.9 Å².